The third-order valence-electron chi connectivity index (χ3n) is 5.92. The maximum atomic E-state index is 14.2. The first-order valence-corrected chi connectivity index (χ1v) is 12.3. The fourth-order valence-electron chi connectivity index (χ4n) is 3.86. The summed E-state index contributed by atoms with van der Waals surface area (Å²) in [6, 6.07) is 4.03. The maximum absolute atomic E-state index is 14.2. The van der Waals surface area contributed by atoms with Gasteiger partial charge >= 0.3 is 6.18 Å². The van der Waals surface area contributed by atoms with Crippen LogP contribution < -0.4 is 10.3 Å². The lowest BCUT2D eigenvalue weighted by atomic mass is 10.1. The van der Waals surface area contributed by atoms with Crippen molar-refractivity contribution in [1.29, 1.82) is 0 Å². The lowest BCUT2D eigenvalue weighted by Crippen LogP contribution is -2.23. The Balaban J connectivity index is 1.80. The second-order valence-electron chi connectivity index (χ2n) is 9.70. The molecule has 0 saturated carbocycles. The number of aromatic nitrogens is 5. The number of rotatable bonds is 6. The highest BCUT2D eigenvalue weighted by Crippen LogP contribution is 2.37. The van der Waals surface area contributed by atoms with E-state index < -0.39 is 34.4 Å². The minimum atomic E-state index is -4.82. The Bertz CT molecular complexity index is 1670. The zero-order chi connectivity index (χ0) is 29.6. The van der Waals surface area contributed by atoms with Gasteiger partial charge in [0.05, 0.1) is 11.4 Å². The van der Waals surface area contributed by atoms with Gasteiger partial charge in [-0.25, -0.2) is 14.4 Å². The van der Waals surface area contributed by atoms with Gasteiger partial charge in [-0.05, 0) is 57.9 Å². The number of ether oxygens (including phenoxy) is 1. The molecular weight excluding hydrogens is 554 g/mol. The van der Waals surface area contributed by atoms with E-state index in [9.17, 15) is 27.5 Å². The normalized spacial score (nSPS) is 12.1. The van der Waals surface area contributed by atoms with Crippen molar-refractivity contribution in [2.24, 2.45) is 0 Å². The molecule has 40 heavy (non-hydrogen) atoms. The van der Waals surface area contributed by atoms with Crippen LogP contribution in [-0.4, -0.2) is 29.6 Å². The second kappa shape index (κ2) is 10.6. The molecule has 0 aliphatic heterocycles. The smallest absolute Gasteiger partial charge is 0.420 e. The molecule has 13 heteroatoms. The van der Waals surface area contributed by atoms with Gasteiger partial charge < -0.3 is 9.84 Å². The predicted molar refractivity (Wildman–Crippen MR) is 139 cm³/mol. The minimum absolute atomic E-state index is 0.0147. The Morgan fingerprint density at radius 3 is 2.35 bits per heavy atom. The molecule has 0 aromatic carbocycles. The number of alkyl halides is 3. The summed E-state index contributed by atoms with van der Waals surface area (Å²) in [5.74, 6) is -0.826. The van der Waals surface area contributed by atoms with Gasteiger partial charge in [0.1, 0.15) is 45.7 Å². The Labute approximate surface area is 231 Å². The van der Waals surface area contributed by atoms with E-state index in [2.05, 4.69) is 19.9 Å². The van der Waals surface area contributed by atoms with Crippen LogP contribution in [0, 0.1) is 26.6 Å². The molecule has 210 valence electrons. The van der Waals surface area contributed by atoms with Crippen LogP contribution in [0.4, 0.5) is 17.6 Å². The van der Waals surface area contributed by atoms with Crippen LogP contribution in [0.3, 0.4) is 0 Å². The number of aryl methyl sites for hydroxylation is 3. The number of hydrogen-bond donors (Lipinski definition) is 1. The number of halogens is 5. The van der Waals surface area contributed by atoms with Gasteiger partial charge in [-0.3, -0.25) is 19.3 Å². The fourth-order valence-corrected chi connectivity index (χ4v) is 4.06. The molecule has 0 amide bonds. The maximum Gasteiger partial charge on any atom is 0.420 e. The zero-order valence-corrected chi connectivity index (χ0v) is 22.8. The van der Waals surface area contributed by atoms with Crippen LogP contribution in [0.2, 0.25) is 5.02 Å². The predicted octanol–water partition coefficient (Wildman–Crippen LogP) is 5.63. The molecule has 0 aliphatic carbocycles. The molecule has 0 fully saturated rings. The Kier molecular flexibility index (Phi) is 7.70. The number of aliphatic hydroxyl groups is 1. The fraction of sp³-hybridized carbons (Fsp3) is 0.296. The molecule has 0 unspecified atom stereocenters. The quantitative estimate of drug-likeness (QED) is 0.296. The van der Waals surface area contributed by atoms with Gasteiger partial charge in [0.25, 0.3) is 5.56 Å². The summed E-state index contributed by atoms with van der Waals surface area (Å²) < 4.78 is 62.5. The summed E-state index contributed by atoms with van der Waals surface area (Å²) in [6.45, 7) is 7.28. The second-order valence-corrected chi connectivity index (χ2v) is 10.1. The third-order valence-corrected chi connectivity index (χ3v) is 6.27. The summed E-state index contributed by atoms with van der Waals surface area (Å²) in [7, 11) is 0. The highest BCUT2D eigenvalue weighted by Gasteiger charge is 2.37. The summed E-state index contributed by atoms with van der Waals surface area (Å²) in [4.78, 5) is 29.1. The van der Waals surface area contributed by atoms with Crippen molar-refractivity contribution in [3.05, 3.63) is 91.9 Å². The molecule has 8 nitrogen and oxygen atoms in total. The van der Waals surface area contributed by atoms with Gasteiger partial charge in [-0.15, -0.1) is 0 Å². The highest BCUT2D eigenvalue weighted by atomic mass is 35.5. The molecule has 0 aliphatic rings. The van der Waals surface area contributed by atoms with E-state index >= 15 is 0 Å². The Morgan fingerprint density at radius 2 is 1.73 bits per heavy atom. The van der Waals surface area contributed by atoms with Crippen molar-refractivity contribution in [3.8, 4) is 22.8 Å². The molecule has 0 spiro atoms. The van der Waals surface area contributed by atoms with E-state index in [0.717, 1.165) is 0 Å². The standard InChI is InChI=1S/C27H24ClF4N5O3/c1-13-6-17(29)19(33-9-13)12-40-21-7-15(3)37(24(38)22(21)28)20-8-18(34-10-14(20)2)23-16(27(30,31)32)11-35-25(36-23)26(4,5)39/h6-11,39H,12H2,1-5H3. The highest BCUT2D eigenvalue weighted by molar-refractivity contribution is 6.31. The van der Waals surface area contributed by atoms with Crippen molar-refractivity contribution < 1.29 is 27.4 Å². The minimum Gasteiger partial charge on any atom is -0.485 e. The van der Waals surface area contributed by atoms with Gasteiger partial charge in [0, 0.05) is 30.4 Å². The van der Waals surface area contributed by atoms with E-state index in [1.807, 2.05) is 0 Å². The molecule has 4 rings (SSSR count). The van der Waals surface area contributed by atoms with Gasteiger partial charge in [0.15, 0.2) is 5.82 Å². The molecule has 0 bridgehead atoms. The van der Waals surface area contributed by atoms with E-state index in [4.69, 9.17) is 16.3 Å². The van der Waals surface area contributed by atoms with Gasteiger partial charge in [-0.2, -0.15) is 13.2 Å². The van der Waals surface area contributed by atoms with Crippen molar-refractivity contribution in [2.75, 3.05) is 0 Å². The number of pyridine rings is 3. The van der Waals surface area contributed by atoms with Gasteiger partial charge in [-0.1, -0.05) is 11.6 Å². The molecule has 4 heterocycles. The van der Waals surface area contributed by atoms with E-state index in [1.165, 1.54) is 49.0 Å². The van der Waals surface area contributed by atoms with Crippen LogP contribution >= 0.6 is 11.6 Å². The summed E-state index contributed by atoms with van der Waals surface area (Å²) in [5, 5.41) is 9.96. The monoisotopic (exact) mass is 577 g/mol. The molecule has 4 aromatic heterocycles. The summed E-state index contributed by atoms with van der Waals surface area (Å²) >= 11 is 6.33. The molecular formula is C27H24ClF4N5O3. The third kappa shape index (κ3) is 5.82. The van der Waals surface area contributed by atoms with Gasteiger partial charge in [0.2, 0.25) is 0 Å². The Morgan fingerprint density at radius 1 is 1.02 bits per heavy atom. The molecule has 0 saturated heterocycles. The number of hydrogen-bond acceptors (Lipinski definition) is 7. The molecule has 1 N–H and O–H groups in total. The molecule has 0 atom stereocenters. The average molecular weight is 578 g/mol. The topological polar surface area (TPSA) is 103 Å². The van der Waals surface area contributed by atoms with E-state index in [-0.39, 0.29) is 40.3 Å². The summed E-state index contributed by atoms with van der Waals surface area (Å²) in [6.07, 6.45) is -1.46. The van der Waals surface area contributed by atoms with E-state index in [0.29, 0.717) is 23.0 Å². The first kappa shape index (κ1) is 29.1. The van der Waals surface area contributed by atoms with Crippen molar-refractivity contribution in [2.45, 2.75) is 53.0 Å². The van der Waals surface area contributed by atoms with Crippen molar-refractivity contribution >= 4 is 11.6 Å². The van der Waals surface area contributed by atoms with Crippen LogP contribution in [0.5, 0.6) is 5.75 Å². The SMILES string of the molecule is Cc1cnc(COc2cc(C)n(-c3cc(-c4nc(C(C)(C)O)ncc4C(F)(F)F)ncc3C)c(=O)c2Cl)c(F)c1. The largest absolute Gasteiger partial charge is 0.485 e. The van der Waals surface area contributed by atoms with Crippen LogP contribution in [0.1, 0.15) is 47.8 Å². The summed E-state index contributed by atoms with van der Waals surface area (Å²) in [5.41, 5.74) is -2.64. The van der Waals surface area contributed by atoms with Crippen molar-refractivity contribution in [1.82, 2.24) is 24.5 Å². The lowest BCUT2D eigenvalue weighted by molar-refractivity contribution is -0.137. The van der Waals surface area contributed by atoms with Crippen LogP contribution in [0.25, 0.3) is 17.1 Å². The average Bonchev–Trinajstić information content (AvgIpc) is 2.86. The van der Waals surface area contributed by atoms with Crippen molar-refractivity contribution in [3.63, 3.8) is 0 Å². The first-order valence-electron chi connectivity index (χ1n) is 11.9. The Hall–Kier alpha value is -3.90. The zero-order valence-electron chi connectivity index (χ0n) is 22.1. The van der Waals surface area contributed by atoms with Crippen LogP contribution in [-0.2, 0) is 18.4 Å². The molecule has 0 radical (unpaired) electrons. The lowest BCUT2D eigenvalue weighted by Gasteiger charge is -2.20. The molecule has 4 aromatic rings. The first-order chi connectivity index (χ1) is 18.6. The van der Waals surface area contributed by atoms with Crippen LogP contribution in [0.15, 0.2) is 41.6 Å². The number of nitrogens with zero attached hydrogens (tertiary/aromatic N) is 5. The van der Waals surface area contributed by atoms with E-state index in [1.54, 1.807) is 20.8 Å².